The van der Waals surface area contributed by atoms with E-state index in [0.29, 0.717) is 0 Å². The summed E-state index contributed by atoms with van der Waals surface area (Å²) in [6.45, 7) is 7.36. The Bertz CT molecular complexity index is 307. The summed E-state index contributed by atoms with van der Waals surface area (Å²) in [5.41, 5.74) is 0.724. The summed E-state index contributed by atoms with van der Waals surface area (Å²) in [7, 11) is 0. The maximum atomic E-state index is 11.9. The lowest BCUT2D eigenvalue weighted by atomic mass is 10.2. The molecule has 0 radical (unpaired) electrons. The van der Waals surface area contributed by atoms with Crippen LogP contribution in [0.5, 0.6) is 0 Å². The molecule has 1 aliphatic rings. The standard InChI is InChI=1S/C10H13N3O.C2H6/c14-10(9-1-3-11-4-2-9)13-7-5-12-6-8-13;1-2/h1-4,12H,5-8H2;1-2H3. The van der Waals surface area contributed by atoms with Crippen molar-refractivity contribution >= 4 is 5.91 Å². The predicted molar refractivity (Wildman–Crippen MR) is 64.4 cm³/mol. The maximum Gasteiger partial charge on any atom is 0.254 e. The van der Waals surface area contributed by atoms with Crippen molar-refractivity contribution in [2.75, 3.05) is 26.2 Å². The minimum absolute atomic E-state index is 0.105. The van der Waals surface area contributed by atoms with Crippen LogP contribution in [0, 0.1) is 0 Å². The van der Waals surface area contributed by atoms with Gasteiger partial charge in [-0.2, -0.15) is 0 Å². The third-order valence-electron chi connectivity index (χ3n) is 2.33. The van der Waals surface area contributed by atoms with Crippen molar-refractivity contribution in [3.8, 4) is 0 Å². The van der Waals surface area contributed by atoms with Gasteiger partial charge in [0.2, 0.25) is 0 Å². The Morgan fingerprint density at radius 3 is 2.38 bits per heavy atom. The lowest BCUT2D eigenvalue weighted by molar-refractivity contribution is 0.0735. The Morgan fingerprint density at radius 1 is 1.25 bits per heavy atom. The van der Waals surface area contributed by atoms with E-state index in [9.17, 15) is 4.79 Å². The monoisotopic (exact) mass is 221 g/mol. The van der Waals surface area contributed by atoms with Gasteiger partial charge in [0.05, 0.1) is 0 Å². The SMILES string of the molecule is CC.O=C(c1ccncc1)N1CCNCC1. The molecule has 0 bridgehead atoms. The van der Waals surface area contributed by atoms with Gasteiger partial charge in [-0.25, -0.2) is 0 Å². The van der Waals surface area contributed by atoms with Gasteiger partial charge in [0.15, 0.2) is 0 Å². The molecule has 1 amide bonds. The second kappa shape index (κ2) is 6.95. The van der Waals surface area contributed by atoms with E-state index in [-0.39, 0.29) is 5.91 Å². The molecule has 88 valence electrons. The van der Waals surface area contributed by atoms with Gasteiger partial charge in [0.25, 0.3) is 5.91 Å². The van der Waals surface area contributed by atoms with E-state index in [4.69, 9.17) is 0 Å². The molecule has 1 fully saturated rings. The smallest absolute Gasteiger partial charge is 0.254 e. The van der Waals surface area contributed by atoms with E-state index in [2.05, 4.69) is 10.3 Å². The van der Waals surface area contributed by atoms with Crippen LogP contribution < -0.4 is 5.32 Å². The van der Waals surface area contributed by atoms with Crippen molar-refractivity contribution < 1.29 is 4.79 Å². The summed E-state index contributed by atoms with van der Waals surface area (Å²) in [6.07, 6.45) is 3.30. The Balaban J connectivity index is 0.000000606. The highest BCUT2D eigenvalue weighted by molar-refractivity contribution is 5.94. The number of hydrogen-bond acceptors (Lipinski definition) is 3. The number of pyridine rings is 1. The molecule has 2 rings (SSSR count). The lowest BCUT2D eigenvalue weighted by Gasteiger charge is -2.27. The highest BCUT2D eigenvalue weighted by Crippen LogP contribution is 2.03. The summed E-state index contributed by atoms with van der Waals surface area (Å²) in [5.74, 6) is 0.105. The molecule has 2 heterocycles. The van der Waals surface area contributed by atoms with Gasteiger partial charge in [-0.1, -0.05) is 13.8 Å². The highest BCUT2D eigenvalue weighted by Gasteiger charge is 2.16. The van der Waals surface area contributed by atoms with E-state index in [1.807, 2.05) is 18.7 Å². The molecule has 0 unspecified atom stereocenters. The van der Waals surface area contributed by atoms with Gasteiger partial charge in [0.1, 0.15) is 0 Å². The van der Waals surface area contributed by atoms with E-state index in [1.165, 1.54) is 0 Å². The first-order valence-corrected chi connectivity index (χ1v) is 5.78. The molecular formula is C12H19N3O. The molecule has 1 aromatic rings. The van der Waals surface area contributed by atoms with Crippen molar-refractivity contribution in [2.24, 2.45) is 0 Å². The fourth-order valence-corrected chi connectivity index (χ4v) is 1.54. The van der Waals surface area contributed by atoms with Crippen LogP contribution in [0.4, 0.5) is 0 Å². The van der Waals surface area contributed by atoms with Crippen LogP contribution in [-0.2, 0) is 0 Å². The van der Waals surface area contributed by atoms with E-state index in [1.54, 1.807) is 24.5 Å². The van der Waals surface area contributed by atoms with Crippen LogP contribution >= 0.6 is 0 Å². The number of carbonyl (C=O) groups is 1. The number of rotatable bonds is 1. The summed E-state index contributed by atoms with van der Waals surface area (Å²) >= 11 is 0. The summed E-state index contributed by atoms with van der Waals surface area (Å²) < 4.78 is 0. The van der Waals surface area contributed by atoms with Crippen molar-refractivity contribution in [1.29, 1.82) is 0 Å². The number of nitrogens with zero attached hydrogens (tertiary/aromatic N) is 2. The number of nitrogens with one attached hydrogen (secondary N) is 1. The molecule has 1 aliphatic heterocycles. The zero-order valence-electron chi connectivity index (χ0n) is 9.94. The normalized spacial score (nSPS) is 15.0. The molecule has 0 aromatic carbocycles. The zero-order valence-corrected chi connectivity index (χ0v) is 9.94. The molecule has 0 spiro atoms. The quantitative estimate of drug-likeness (QED) is 0.774. The summed E-state index contributed by atoms with van der Waals surface area (Å²) in [6, 6.07) is 3.51. The molecule has 0 aliphatic carbocycles. The predicted octanol–water partition coefficient (Wildman–Crippen LogP) is 1.15. The van der Waals surface area contributed by atoms with Crippen LogP contribution in [0.15, 0.2) is 24.5 Å². The molecule has 4 heteroatoms. The van der Waals surface area contributed by atoms with Crippen molar-refractivity contribution in [3.05, 3.63) is 30.1 Å². The van der Waals surface area contributed by atoms with Crippen LogP contribution in [0.25, 0.3) is 0 Å². The third-order valence-corrected chi connectivity index (χ3v) is 2.33. The van der Waals surface area contributed by atoms with E-state index >= 15 is 0 Å². The third kappa shape index (κ3) is 3.31. The maximum absolute atomic E-state index is 11.9. The lowest BCUT2D eigenvalue weighted by Crippen LogP contribution is -2.46. The Hall–Kier alpha value is -1.42. The summed E-state index contributed by atoms with van der Waals surface area (Å²) in [4.78, 5) is 17.6. The van der Waals surface area contributed by atoms with Gasteiger partial charge >= 0.3 is 0 Å². The highest BCUT2D eigenvalue weighted by atomic mass is 16.2. The van der Waals surface area contributed by atoms with Crippen molar-refractivity contribution in [2.45, 2.75) is 13.8 Å². The topological polar surface area (TPSA) is 45.2 Å². The first-order chi connectivity index (χ1) is 7.88. The Labute approximate surface area is 96.7 Å². The number of aromatic nitrogens is 1. The average molecular weight is 221 g/mol. The fraction of sp³-hybridized carbons (Fsp3) is 0.500. The van der Waals surface area contributed by atoms with Crippen molar-refractivity contribution in [3.63, 3.8) is 0 Å². The fourth-order valence-electron chi connectivity index (χ4n) is 1.54. The minimum Gasteiger partial charge on any atom is -0.336 e. The molecule has 4 nitrogen and oxygen atoms in total. The minimum atomic E-state index is 0.105. The molecule has 0 atom stereocenters. The van der Waals surface area contributed by atoms with Gasteiger partial charge in [-0.15, -0.1) is 0 Å². The Morgan fingerprint density at radius 2 is 1.81 bits per heavy atom. The number of carbonyl (C=O) groups excluding carboxylic acids is 1. The van der Waals surface area contributed by atoms with Crippen LogP contribution in [0.1, 0.15) is 24.2 Å². The van der Waals surface area contributed by atoms with Gasteiger partial charge in [-0.3, -0.25) is 9.78 Å². The molecule has 1 saturated heterocycles. The first-order valence-electron chi connectivity index (χ1n) is 5.78. The number of hydrogen-bond donors (Lipinski definition) is 1. The zero-order chi connectivity index (χ0) is 11.8. The number of amides is 1. The number of piperazine rings is 1. The molecular weight excluding hydrogens is 202 g/mol. The molecule has 0 saturated carbocycles. The molecule has 1 aromatic heterocycles. The molecule has 16 heavy (non-hydrogen) atoms. The largest absolute Gasteiger partial charge is 0.336 e. The van der Waals surface area contributed by atoms with Gasteiger partial charge in [0, 0.05) is 44.1 Å². The molecule has 1 N–H and O–H groups in total. The van der Waals surface area contributed by atoms with Crippen LogP contribution in [0.3, 0.4) is 0 Å². The van der Waals surface area contributed by atoms with E-state index < -0.39 is 0 Å². The van der Waals surface area contributed by atoms with Gasteiger partial charge in [-0.05, 0) is 12.1 Å². The Kier molecular flexibility index (Phi) is 5.50. The first kappa shape index (κ1) is 12.6. The van der Waals surface area contributed by atoms with Crippen LogP contribution in [0.2, 0.25) is 0 Å². The average Bonchev–Trinajstić information content (AvgIpc) is 2.42. The van der Waals surface area contributed by atoms with Crippen molar-refractivity contribution in [1.82, 2.24) is 15.2 Å². The van der Waals surface area contributed by atoms with Crippen LogP contribution in [-0.4, -0.2) is 42.0 Å². The summed E-state index contributed by atoms with van der Waals surface area (Å²) in [5, 5.41) is 3.21. The van der Waals surface area contributed by atoms with Gasteiger partial charge < -0.3 is 10.2 Å². The van der Waals surface area contributed by atoms with E-state index in [0.717, 1.165) is 31.7 Å². The second-order valence-electron chi connectivity index (χ2n) is 3.28. The second-order valence-corrected chi connectivity index (χ2v) is 3.28.